The molecule has 5 heteroatoms. The first-order valence-electron chi connectivity index (χ1n) is 7.28. The lowest BCUT2D eigenvalue weighted by molar-refractivity contribution is -0.121. The molecule has 2 unspecified atom stereocenters. The third-order valence-corrected chi connectivity index (χ3v) is 4.36. The number of nitrogens with one attached hydrogen (secondary N) is 1. The van der Waals surface area contributed by atoms with Crippen LogP contribution in [0, 0.1) is 0 Å². The van der Waals surface area contributed by atoms with E-state index >= 15 is 0 Å². The Morgan fingerprint density at radius 3 is 2.62 bits per heavy atom. The number of carbonyl (C=O) groups is 1. The van der Waals surface area contributed by atoms with E-state index < -0.39 is 0 Å². The van der Waals surface area contributed by atoms with E-state index in [1.54, 1.807) is 14.2 Å². The second kappa shape index (κ2) is 7.55. The molecule has 1 N–H and O–H groups in total. The molecule has 1 fully saturated rings. The molecule has 1 amide bonds. The number of amides is 1. The normalized spacial score (nSPS) is 21.7. The molecule has 2 rings (SSSR count). The zero-order valence-electron chi connectivity index (χ0n) is 12.5. The van der Waals surface area contributed by atoms with Crippen molar-refractivity contribution in [2.45, 2.75) is 43.5 Å². The minimum atomic E-state index is -0.000213. The van der Waals surface area contributed by atoms with Crippen LogP contribution in [0.5, 0.6) is 11.5 Å². The highest BCUT2D eigenvalue weighted by molar-refractivity contribution is 6.21. The van der Waals surface area contributed by atoms with Crippen molar-refractivity contribution in [2.75, 3.05) is 14.2 Å². The number of hydrogen-bond acceptors (Lipinski definition) is 3. The number of hydrogen-bond donors (Lipinski definition) is 1. The third kappa shape index (κ3) is 4.27. The predicted molar refractivity (Wildman–Crippen MR) is 83.3 cm³/mol. The fourth-order valence-electron chi connectivity index (χ4n) is 2.68. The van der Waals surface area contributed by atoms with Crippen LogP contribution in [0.15, 0.2) is 18.2 Å². The molecule has 0 aliphatic heterocycles. The molecular formula is C16H22ClNO3. The SMILES string of the molecule is COc1ccc(CC(=O)NC2CCCCC2Cl)cc1OC. The molecule has 116 valence electrons. The van der Waals surface area contributed by atoms with Crippen molar-refractivity contribution in [3.05, 3.63) is 23.8 Å². The van der Waals surface area contributed by atoms with Crippen molar-refractivity contribution in [3.8, 4) is 11.5 Å². The van der Waals surface area contributed by atoms with Gasteiger partial charge in [-0.3, -0.25) is 4.79 Å². The van der Waals surface area contributed by atoms with Gasteiger partial charge in [0.25, 0.3) is 0 Å². The van der Waals surface area contributed by atoms with Crippen LogP contribution < -0.4 is 14.8 Å². The molecule has 1 aromatic carbocycles. The molecule has 0 radical (unpaired) electrons. The third-order valence-electron chi connectivity index (χ3n) is 3.84. The predicted octanol–water partition coefficient (Wildman–Crippen LogP) is 2.91. The Bertz CT molecular complexity index is 492. The highest BCUT2D eigenvalue weighted by Crippen LogP contribution is 2.28. The van der Waals surface area contributed by atoms with Crippen LogP contribution >= 0.6 is 11.6 Å². The Morgan fingerprint density at radius 1 is 1.24 bits per heavy atom. The Kier molecular flexibility index (Phi) is 5.74. The molecule has 0 aromatic heterocycles. The van der Waals surface area contributed by atoms with E-state index in [1.807, 2.05) is 18.2 Å². The quantitative estimate of drug-likeness (QED) is 0.851. The van der Waals surface area contributed by atoms with E-state index in [4.69, 9.17) is 21.1 Å². The summed E-state index contributed by atoms with van der Waals surface area (Å²) in [4.78, 5) is 12.1. The number of halogens is 1. The maximum Gasteiger partial charge on any atom is 0.224 e. The average Bonchev–Trinajstić information content (AvgIpc) is 2.49. The molecular weight excluding hydrogens is 290 g/mol. The van der Waals surface area contributed by atoms with Crippen molar-refractivity contribution in [1.82, 2.24) is 5.32 Å². The summed E-state index contributed by atoms with van der Waals surface area (Å²) in [5.41, 5.74) is 0.895. The summed E-state index contributed by atoms with van der Waals surface area (Å²) in [6.07, 6.45) is 4.54. The lowest BCUT2D eigenvalue weighted by Gasteiger charge is -2.27. The zero-order valence-corrected chi connectivity index (χ0v) is 13.3. The van der Waals surface area contributed by atoms with Gasteiger partial charge in [0.1, 0.15) is 0 Å². The first-order chi connectivity index (χ1) is 10.1. The van der Waals surface area contributed by atoms with Gasteiger partial charge in [-0.15, -0.1) is 11.6 Å². The smallest absolute Gasteiger partial charge is 0.224 e. The summed E-state index contributed by atoms with van der Waals surface area (Å²) in [5, 5.41) is 3.09. The summed E-state index contributed by atoms with van der Waals surface area (Å²) >= 11 is 6.27. The van der Waals surface area contributed by atoms with Gasteiger partial charge in [0.2, 0.25) is 5.91 Å². The van der Waals surface area contributed by atoms with E-state index in [-0.39, 0.29) is 17.3 Å². The number of methoxy groups -OCH3 is 2. The maximum atomic E-state index is 12.1. The van der Waals surface area contributed by atoms with E-state index in [1.165, 1.54) is 0 Å². The lowest BCUT2D eigenvalue weighted by atomic mass is 9.94. The molecule has 0 saturated heterocycles. The van der Waals surface area contributed by atoms with Crippen LogP contribution in [0.4, 0.5) is 0 Å². The van der Waals surface area contributed by atoms with Crippen molar-refractivity contribution in [3.63, 3.8) is 0 Å². The van der Waals surface area contributed by atoms with Crippen LogP contribution in [0.2, 0.25) is 0 Å². The van der Waals surface area contributed by atoms with Crippen molar-refractivity contribution >= 4 is 17.5 Å². The highest BCUT2D eigenvalue weighted by Gasteiger charge is 2.24. The standard InChI is InChI=1S/C16H22ClNO3/c1-20-14-8-7-11(9-15(14)21-2)10-16(19)18-13-6-4-3-5-12(13)17/h7-9,12-13H,3-6,10H2,1-2H3,(H,18,19). The van der Waals surface area contributed by atoms with E-state index in [2.05, 4.69) is 5.32 Å². The molecule has 4 nitrogen and oxygen atoms in total. The van der Waals surface area contributed by atoms with Gasteiger partial charge in [0.05, 0.1) is 26.0 Å². The summed E-state index contributed by atoms with van der Waals surface area (Å²) < 4.78 is 10.4. The second-order valence-electron chi connectivity index (χ2n) is 5.34. The monoisotopic (exact) mass is 311 g/mol. The minimum Gasteiger partial charge on any atom is -0.493 e. The summed E-state index contributed by atoms with van der Waals surface area (Å²) in [6, 6.07) is 5.61. The van der Waals surface area contributed by atoms with Crippen molar-refractivity contribution < 1.29 is 14.3 Å². The molecule has 21 heavy (non-hydrogen) atoms. The molecule has 1 aliphatic rings. The van der Waals surface area contributed by atoms with Gasteiger partial charge in [0, 0.05) is 6.04 Å². The minimum absolute atomic E-state index is 0.000213. The van der Waals surface area contributed by atoms with Crippen LogP contribution in [-0.2, 0) is 11.2 Å². The van der Waals surface area contributed by atoms with Crippen molar-refractivity contribution in [2.24, 2.45) is 0 Å². The van der Waals surface area contributed by atoms with Gasteiger partial charge in [0.15, 0.2) is 11.5 Å². The number of carbonyl (C=O) groups excluding carboxylic acids is 1. The van der Waals surface area contributed by atoms with Gasteiger partial charge in [-0.25, -0.2) is 0 Å². The summed E-state index contributed by atoms with van der Waals surface area (Å²) in [7, 11) is 3.18. The number of rotatable bonds is 5. The van der Waals surface area contributed by atoms with Crippen LogP contribution in [0.25, 0.3) is 0 Å². The van der Waals surface area contributed by atoms with E-state index in [9.17, 15) is 4.79 Å². The Labute approximate surface area is 130 Å². The van der Waals surface area contributed by atoms with Gasteiger partial charge < -0.3 is 14.8 Å². The Balaban J connectivity index is 1.96. The molecule has 1 saturated carbocycles. The van der Waals surface area contributed by atoms with Crippen LogP contribution in [-0.4, -0.2) is 31.5 Å². The maximum absolute atomic E-state index is 12.1. The number of benzene rings is 1. The molecule has 2 atom stereocenters. The van der Waals surface area contributed by atoms with E-state index in [0.29, 0.717) is 17.9 Å². The van der Waals surface area contributed by atoms with Gasteiger partial charge in [-0.05, 0) is 30.5 Å². The zero-order chi connectivity index (χ0) is 15.2. The van der Waals surface area contributed by atoms with E-state index in [0.717, 1.165) is 31.2 Å². The molecule has 0 spiro atoms. The fraction of sp³-hybridized carbons (Fsp3) is 0.562. The van der Waals surface area contributed by atoms with Gasteiger partial charge in [-0.1, -0.05) is 18.9 Å². The number of ether oxygens (including phenoxy) is 2. The highest BCUT2D eigenvalue weighted by atomic mass is 35.5. The molecule has 1 aliphatic carbocycles. The first-order valence-corrected chi connectivity index (χ1v) is 7.72. The Hall–Kier alpha value is -1.42. The summed E-state index contributed by atoms with van der Waals surface area (Å²) in [6.45, 7) is 0. The number of alkyl halides is 1. The van der Waals surface area contributed by atoms with Crippen LogP contribution in [0.1, 0.15) is 31.2 Å². The van der Waals surface area contributed by atoms with Gasteiger partial charge in [-0.2, -0.15) is 0 Å². The van der Waals surface area contributed by atoms with Gasteiger partial charge >= 0.3 is 0 Å². The lowest BCUT2D eigenvalue weighted by Crippen LogP contribution is -2.43. The summed E-state index contributed by atoms with van der Waals surface area (Å²) in [5.74, 6) is 1.30. The largest absolute Gasteiger partial charge is 0.493 e. The average molecular weight is 312 g/mol. The fourth-order valence-corrected chi connectivity index (χ4v) is 3.03. The first kappa shape index (κ1) is 16.0. The van der Waals surface area contributed by atoms with Crippen LogP contribution in [0.3, 0.4) is 0 Å². The molecule has 0 bridgehead atoms. The van der Waals surface area contributed by atoms with Crippen molar-refractivity contribution in [1.29, 1.82) is 0 Å². The molecule has 1 aromatic rings. The molecule has 0 heterocycles. The second-order valence-corrected chi connectivity index (χ2v) is 5.90. The Morgan fingerprint density at radius 2 is 1.95 bits per heavy atom. The topological polar surface area (TPSA) is 47.6 Å².